The number of ether oxygens (including phenoxy) is 3. The fraction of sp³-hybridized carbons (Fsp3) is 0.845. The zero-order valence-electron chi connectivity index (χ0n) is 51.7. The molecule has 0 aromatic carbocycles. The molecule has 0 aliphatic heterocycles. The maximum Gasteiger partial charge on any atom is 0.306 e. The van der Waals surface area contributed by atoms with Gasteiger partial charge in [-0.2, -0.15) is 0 Å². The van der Waals surface area contributed by atoms with E-state index in [-0.39, 0.29) is 31.1 Å². The topological polar surface area (TPSA) is 78.9 Å². The molecule has 0 aromatic rings. The summed E-state index contributed by atoms with van der Waals surface area (Å²) >= 11 is 0. The summed E-state index contributed by atoms with van der Waals surface area (Å²) in [6.07, 6.45) is 82.8. The lowest BCUT2D eigenvalue weighted by molar-refractivity contribution is -0.167. The van der Waals surface area contributed by atoms with Gasteiger partial charge >= 0.3 is 17.9 Å². The van der Waals surface area contributed by atoms with Gasteiger partial charge in [0.2, 0.25) is 0 Å². The van der Waals surface area contributed by atoms with Crippen LogP contribution in [0.4, 0.5) is 0 Å². The van der Waals surface area contributed by atoms with E-state index in [9.17, 15) is 14.4 Å². The van der Waals surface area contributed by atoms with Crippen molar-refractivity contribution in [1.29, 1.82) is 0 Å². The lowest BCUT2D eigenvalue weighted by Crippen LogP contribution is -2.30. The second kappa shape index (κ2) is 65.9. The van der Waals surface area contributed by atoms with Crippen LogP contribution in [0.25, 0.3) is 0 Å². The van der Waals surface area contributed by atoms with Gasteiger partial charge in [-0.15, -0.1) is 0 Å². The van der Waals surface area contributed by atoms with Crippen molar-refractivity contribution in [2.24, 2.45) is 0 Å². The van der Waals surface area contributed by atoms with E-state index < -0.39 is 6.10 Å². The Hall–Kier alpha value is -2.63. The average molecular weight is 1080 g/mol. The molecule has 1 atom stereocenters. The highest BCUT2D eigenvalue weighted by molar-refractivity contribution is 5.71. The van der Waals surface area contributed by atoms with Crippen molar-refractivity contribution in [3.8, 4) is 0 Å². The Labute approximate surface area is 479 Å². The third-order valence-corrected chi connectivity index (χ3v) is 15.3. The van der Waals surface area contributed by atoms with Crippen LogP contribution in [0.5, 0.6) is 0 Å². The fourth-order valence-electron chi connectivity index (χ4n) is 10.2. The van der Waals surface area contributed by atoms with Crippen LogP contribution >= 0.6 is 0 Å². The molecule has 0 spiro atoms. The molecule has 0 radical (unpaired) electrons. The zero-order chi connectivity index (χ0) is 55.7. The smallest absolute Gasteiger partial charge is 0.306 e. The second-order valence-corrected chi connectivity index (χ2v) is 23.1. The molecular formula is C71H130O6. The highest BCUT2D eigenvalue weighted by Gasteiger charge is 2.19. The molecule has 77 heavy (non-hydrogen) atoms. The van der Waals surface area contributed by atoms with Crippen LogP contribution in [0.15, 0.2) is 48.6 Å². The number of allylic oxidation sites excluding steroid dienone is 8. The van der Waals surface area contributed by atoms with Crippen molar-refractivity contribution >= 4 is 17.9 Å². The quantitative estimate of drug-likeness (QED) is 0.0261. The van der Waals surface area contributed by atoms with Crippen LogP contribution in [-0.4, -0.2) is 37.2 Å². The molecule has 0 N–H and O–H groups in total. The standard InChI is InChI=1S/C71H130O6/c1-4-7-10-13-16-19-22-25-27-29-31-33-34-35-36-38-39-41-43-46-49-52-55-58-61-64-70(73)76-67-68(66-75-69(72)63-60-57-54-51-48-45-24-21-18-15-12-9-6-3)77-71(74)65-62-59-56-53-50-47-44-42-40-37-32-30-28-26-23-20-17-14-11-8-5-2/h12,15,21-22,24-25,29,31,68H,4-11,13-14,16-20,23,26-28,30,32-67H2,1-3H3/b15-12-,24-21-,25-22-,31-29-. The number of hydrogen-bond acceptors (Lipinski definition) is 6. The first kappa shape index (κ1) is 74.4. The van der Waals surface area contributed by atoms with Crippen molar-refractivity contribution in [1.82, 2.24) is 0 Å². The van der Waals surface area contributed by atoms with Gasteiger partial charge in [0.1, 0.15) is 13.2 Å². The van der Waals surface area contributed by atoms with Gasteiger partial charge in [0.15, 0.2) is 6.10 Å². The van der Waals surface area contributed by atoms with Gasteiger partial charge in [-0.3, -0.25) is 14.4 Å². The minimum atomic E-state index is -0.778. The van der Waals surface area contributed by atoms with E-state index in [0.717, 1.165) is 89.9 Å². The summed E-state index contributed by atoms with van der Waals surface area (Å²) in [7, 11) is 0. The Kier molecular flexibility index (Phi) is 63.6. The minimum absolute atomic E-state index is 0.0740. The first-order chi connectivity index (χ1) is 38.0. The molecule has 0 aromatic heterocycles. The van der Waals surface area contributed by atoms with E-state index in [0.29, 0.717) is 19.3 Å². The van der Waals surface area contributed by atoms with Gasteiger partial charge in [0, 0.05) is 19.3 Å². The molecule has 0 fully saturated rings. The monoisotopic (exact) mass is 1080 g/mol. The third kappa shape index (κ3) is 64.1. The van der Waals surface area contributed by atoms with Crippen molar-refractivity contribution in [2.45, 2.75) is 374 Å². The van der Waals surface area contributed by atoms with Crippen LogP contribution in [0, 0.1) is 0 Å². The predicted molar refractivity (Wildman–Crippen MR) is 335 cm³/mol. The summed E-state index contributed by atoms with van der Waals surface area (Å²) < 4.78 is 17.0. The number of carbonyl (C=O) groups excluding carboxylic acids is 3. The van der Waals surface area contributed by atoms with Gasteiger partial charge in [-0.05, 0) is 77.0 Å². The largest absolute Gasteiger partial charge is 0.462 e. The Bertz CT molecular complexity index is 1330. The zero-order valence-corrected chi connectivity index (χ0v) is 51.7. The average Bonchev–Trinajstić information content (AvgIpc) is 3.43. The Morgan fingerprint density at radius 1 is 0.260 bits per heavy atom. The maximum absolute atomic E-state index is 12.9. The van der Waals surface area contributed by atoms with Gasteiger partial charge in [0.05, 0.1) is 0 Å². The van der Waals surface area contributed by atoms with Crippen LogP contribution < -0.4 is 0 Å². The first-order valence-corrected chi connectivity index (χ1v) is 34.1. The van der Waals surface area contributed by atoms with Gasteiger partial charge in [-0.25, -0.2) is 0 Å². The number of rotatable bonds is 63. The van der Waals surface area contributed by atoms with Gasteiger partial charge in [0.25, 0.3) is 0 Å². The lowest BCUT2D eigenvalue weighted by atomic mass is 10.0. The molecular weight excluding hydrogens is 949 g/mol. The highest BCUT2D eigenvalue weighted by Crippen LogP contribution is 2.18. The molecule has 6 heteroatoms. The van der Waals surface area contributed by atoms with E-state index in [1.165, 1.54) is 238 Å². The lowest BCUT2D eigenvalue weighted by Gasteiger charge is -2.18. The summed E-state index contributed by atoms with van der Waals surface area (Å²) in [5, 5.41) is 0. The molecule has 0 bridgehead atoms. The van der Waals surface area contributed by atoms with E-state index in [2.05, 4.69) is 69.4 Å². The molecule has 0 saturated heterocycles. The second-order valence-electron chi connectivity index (χ2n) is 23.1. The van der Waals surface area contributed by atoms with Crippen LogP contribution in [0.1, 0.15) is 367 Å². The number of unbranched alkanes of at least 4 members (excludes halogenated alkanes) is 44. The van der Waals surface area contributed by atoms with E-state index in [4.69, 9.17) is 14.2 Å². The molecule has 0 amide bonds. The third-order valence-electron chi connectivity index (χ3n) is 15.3. The SMILES string of the molecule is CCC/C=C\C/C=C\CCCCCCCC(=O)OCC(COC(=O)CCCCCCCCCCCCCCC/C=C\C/C=C\CCCCCCC)OC(=O)CCCCCCCCCCCCCCCCCCCCCCC. The van der Waals surface area contributed by atoms with E-state index in [1.807, 2.05) is 0 Å². The van der Waals surface area contributed by atoms with Crippen LogP contribution in [0.3, 0.4) is 0 Å². The molecule has 1 unspecified atom stereocenters. The van der Waals surface area contributed by atoms with Crippen LogP contribution in [0.2, 0.25) is 0 Å². The summed E-state index contributed by atoms with van der Waals surface area (Å²) in [5.74, 6) is -0.865. The van der Waals surface area contributed by atoms with Crippen molar-refractivity contribution < 1.29 is 28.6 Å². The number of esters is 3. The first-order valence-electron chi connectivity index (χ1n) is 34.1. The number of carbonyl (C=O) groups is 3. The van der Waals surface area contributed by atoms with Crippen molar-refractivity contribution in [3.63, 3.8) is 0 Å². The molecule has 0 saturated carbocycles. The molecule has 6 nitrogen and oxygen atoms in total. The van der Waals surface area contributed by atoms with E-state index >= 15 is 0 Å². The maximum atomic E-state index is 12.9. The normalized spacial score (nSPS) is 12.3. The predicted octanol–water partition coefficient (Wildman–Crippen LogP) is 23.3. The summed E-state index contributed by atoms with van der Waals surface area (Å²) in [6.45, 7) is 6.62. The van der Waals surface area contributed by atoms with E-state index in [1.54, 1.807) is 0 Å². The molecule has 0 heterocycles. The summed E-state index contributed by atoms with van der Waals surface area (Å²) in [6, 6.07) is 0. The fourth-order valence-corrected chi connectivity index (χ4v) is 10.2. The van der Waals surface area contributed by atoms with Crippen LogP contribution in [-0.2, 0) is 28.6 Å². The Morgan fingerprint density at radius 2 is 0.494 bits per heavy atom. The molecule has 0 rings (SSSR count). The Morgan fingerprint density at radius 3 is 0.766 bits per heavy atom. The Balaban J connectivity index is 4.25. The van der Waals surface area contributed by atoms with Crippen molar-refractivity contribution in [2.75, 3.05) is 13.2 Å². The summed E-state index contributed by atoms with van der Waals surface area (Å²) in [5.41, 5.74) is 0. The molecule has 0 aliphatic rings. The molecule has 450 valence electrons. The van der Waals surface area contributed by atoms with Gasteiger partial charge in [-0.1, -0.05) is 320 Å². The van der Waals surface area contributed by atoms with Gasteiger partial charge < -0.3 is 14.2 Å². The summed E-state index contributed by atoms with van der Waals surface area (Å²) in [4.78, 5) is 38.4. The molecule has 0 aliphatic carbocycles. The number of hydrogen-bond donors (Lipinski definition) is 0. The highest BCUT2D eigenvalue weighted by atomic mass is 16.6. The minimum Gasteiger partial charge on any atom is -0.462 e. The van der Waals surface area contributed by atoms with Crippen molar-refractivity contribution in [3.05, 3.63) is 48.6 Å².